The number of sulfonamides is 1. The van der Waals surface area contributed by atoms with Crippen molar-refractivity contribution >= 4 is 10.0 Å². The highest BCUT2D eigenvalue weighted by Gasteiger charge is 2.13. The summed E-state index contributed by atoms with van der Waals surface area (Å²) >= 11 is 0. The van der Waals surface area contributed by atoms with E-state index in [2.05, 4.69) is 4.72 Å². The van der Waals surface area contributed by atoms with Crippen molar-refractivity contribution in [2.75, 3.05) is 20.2 Å². The molecular weight excluding hydrogens is 228 g/mol. The molecule has 16 heavy (non-hydrogen) atoms. The molecule has 1 aromatic carbocycles. The number of methoxy groups -OCH3 is 1. The summed E-state index contributed by atoms with van der Waals surface area (Å²) in [5.74, 6) is 0.515. The molecule has 0 fully saturated rings. The Morgan fingerprint density at radius 2 is 2.19 bits per heavy atom. The number of nitrogens with one attached hydrogen (secondary N) is 1. The summed E-state index contributed by atoms with van der Waals surface area (Å²) < 4.78 is 31.0. The minimum absolute atomic E-state index is 0.198. The Morgan fingerprint density at radius 1 is 1.44 bits per heavy atom. The van der Waals surface area contributed by atoms with Gasteiger partial charge in [0, 0.05) is 12.6 Å². The zero-order valence-electron chi connectivity index (χ0n) is 9.14. The zero-order chi connectivity index (χ0) is 12.0. The maximum Gasteiger partial charge on any atom is 0.240 e. The number of benzene rings is 1. The van der Waals surface area contributed by atoms with Crippen LogP contribution in [-0.2, 0) is 10.0 Å². The maximum atomic E-state index is 11.8. The summed E-state index contributed by atoms with van der Waals surface area (Å²) in [6.45, 7) is 0.802. The van der Waals surface area contributed by atoms with Crippen molar-refractivity contribution in [3.63, 3.8) is 0 Å². The number of hydrogen-bond acceptors (Lipinski definition) is 4. The maximum absolute atomic E-state index is 11.8. The molecule has 0 unspecified atom stereocenters. The lowest BCUT2D eigenvalue weighted by Crippen LogP contribution is -2.26. The van der Waals surface area contributed by atoms with Gasteiger partial charge < -0.3 is 10.5 Å². The van der Waals surface area contributed by atoms with Crippen molar-refractivity contribution in [3.8, 4) is 5.75 Å². The molecule has 0 spiro atoms. The zero-order valence-corrected chi connectivity index (χ0v) is 9.96. The lowest BCUT2D eigenvalue weighted by Gasteiger charge is -2.07. The summed E-state index contributed by atoms with van der Waals surface area (Å²) in [4.78, 5) is 0.198. The van der Waals surface area contributed by atoms with E-state index < -0.39 is 10.0 Å². The van der Waals surface area contributed by atoms with Crippen LogP contribution >= 0.6 is 0 Å². The van der Waals surface area contributed by atoms with Crippen LogP contribution in [0.2, 0.25) is 0 Å². The minimum atomic E-state index is -3.45. The second kappa shape index (κ2) is 5.83. The van der Waals surface area contributed by atoms with Crippen molar-refractivity contribution in [2.45, 2.75) is 11.3 Å². The highest BCUT2D eigenvalue weighted by Crippen LogP contribution is 2.16. The molecule has 0 atom stereocenters. The molecule has 6 heteroatoms. The Kier molecular flexibility index (Phi) is 4.72. The SMILES string of the molecule is COc1cccc(S(=O)(=O)NCCCN)c1. The van der Waals surface area contributed by atoms with Crippen LogP contribution in [0.25, 0.3) is 0 Å². The number of rotatable bonds is 6. The fourth-order valence-electron chi connectivity index (χ4n) is 1.16. The van der Waals surface area contributed by atoms with Crippen LogP contribution in [0.15, 0.2) is 29.2 Å². The summed E-state index contributed by atoms with van der Waals surface area (Å²) in [7, 11) is -1.96. The van der Waals surface area contributed by atoms with Crippen LogP contribution in [0.3, 0.4) is 0 Å². The van der Waals surface area contributed by atoms with E-state index in [-0.39, 0.29) is 4.90 Å². The summed E-state index contributed by atoms with van der Waals surface area (Å²) in [5, 5.41) is 0. The lowest BCUT2D eigenvalue weighted by molar-refractivity contribution is 0.413. The summed E-state index contributed by atoms with van der Waals surface area (Å²) in [5.41, 5.74) is 5.29. The van der Waals surface area contributed by atoms with Crippen molar-refractivity contribution in [3.05, 3.63) is 24.3 Å². The van der Waals surface area contributed by atoms with Gasteiger partial charge in [0.15, 0.2) is 0 Å². The van der Waals surface area contributed by atoms with Crippen molar-refractivity contribution in [1.82, 2.24) is 4.72 Å². The normalized spacial score (nSPS) is 11.4. The van der Waals surface area contributed by atoms with Crippen LogP contribution in [0.5, 0.6) is 5.75 Å². The molecular formula is C10H16N2O3S. The topological polar surface area (TPSA) is 81.4 Å². The van der Waals surface area contributed by atoms with Gasteiger partial charge >= 0.3 is 0 Å². The minimum Gasteiger partial charge on any atom is -0.497 e. The monoisotopic (exact) mass is 244 g/mol. The molecule has 3 N–H and O–H groups in total. The van der Waals surface area contributed by atoms with Crippen LogP contribution in [0.4, 0.5) is 0 Å². The second-order valence-electron chi connectivity index (χ2n) is 3.22. The molecule has 0 aliphatic carbocycles. The number of hydrogen-bond donors (Lipinski definition) is 2. The Hall–Kier alpha value is -1.11. The molecule has 0 heterocycles. The van der Waals surface area contributed by atoms with Gasteiger partial charge in [0.05, 0.1) is 12.0 Å². The molecule has 0 saturated heterocycles. The van der Waals surface area contributed by atoms with E-state index in [1.165, 1.54) is 19.2 Å². The molecule has 0 aromatic heterocycles. The van der Waals surface area contributed by atoms with Crippen LogP contribution in [0.1, 0.15) is 6.42 Å². The first kappa shape index (κ1) is 13.0. The summed E-state index contributed by atoms with van der Waals surface area (Å²) in [6.07, 6.45) is 0.614. The van der Waals surface area contributed by atoms with Crippen LogP contribution in [-0.4, -0.2) is 28.6 Å². The molecule has 0 bridgehead atoms. The van der Waals surface area contributed by atoms with Crippen molar-refractivity contribution < 1.29 is 13.2 Å². The van der Waals surface area contributed by atoms with Crippen molar-refractivity contribution in [1.29, 1.82) is 0 Å². The Bertz CT molecular complexity index is 431. The predicted molar refractivity (Wildman–Crippen MR) is 61.9 cm³/mol. The number of ether oxygens (including phenoxy) is 1. The molecule has 5 nitrogen and oxygen atoms in total. The molecule has 0 saturated carbocycles. The first-order chi connectivity index (χ1) is 7.60. The van der Waals surface area contributed by atoms with Gasteiger partial charge in [0.25, 0.3) is 0 Å². The van der Waals surface area contributed by atoms with Gasteiger partial charge in [-0.15, -0.1) is 0 Å². The van der Waals surface area contributed by atoms with E-state index in [9.17, 15) is 8.42 Å². The summed E-state index contributed by atoms with van der Waals surface area (Å²) in [6, 6.07) is 6.33. The molecule has 90 valence electrons. The van der Waals surface area contributed by atoms with E-state index in [0.29, 0.717) is 25.3 Å². The Balaban J connectivity index is 2.81. The van der Waals surface area contributed by atoms with E-state index in [0.717, 1.165) is 0 Å². The lowest BCUT2D eigenvalue weighted by atomic mass is 10.3. The van der Waals surface area contributed by atoms with E-state index in [4.69, 9.17) is 10.5 Å². The van der Waals surface area contributed by atoms with E-state index in [1.54, 1.807) is 12.1 Å². The van der Waals surface area contributed by atoms with Crippen molar-refractivity contribution in [2.24, 2.45) is 5.73 Å². The van der Waals surface area contributed by atoms with E-state index >= 15 is 0 Å². The smallest absolute Gasteiger partial charge is 0.240 e. The van der Waals surface area contributed by atoms with Gasteiger partial charge in [-0.1, -0.05) is 6.07 Å². The first-order valence-electron chi connectivity index (χ1n) is 4.94. The molecule has 0 aliphatic rings. The average Bonchev–Trinajstić information content (AvgIpc) is 2.29. The molecule has 1 aromatic rings. The third-order valence-electron chi connectivity index (χ3n) is 2.02. The fraction of sp³-hybridized carbons (Fsp3) is 0.400. The van der Waals surface area contributed by atoms with Crippen LogP contribution in [0, 0.1) is 0 Å². The molecule has 1 rings (SSSR count). The Morgan fingerprint density at radius 3 is 2.81 bits per heavy atom. The van der Waals surface area contributed by atoms with Gasteiger partial charge in [0.1, 0.15) is 5.75 Å². The number of nitrogens with two attached hydrogens (primary N) is 1. The van der Waals surface area contributed by atoms with E-state index in [1.807, 2.05) is 0 Å². The highest BCUT2D eigenvalue weighted by molar-refractivity contribution is 7.89. The second-order valence-corrected chi connectivity index (χ2v) is 4.99. The quantitative estimate of drug-likeness (QED) is 0.706. The highest BCUT2D eigenvalue weighted by atomic mass is 32.2. The third-order valence-corrected chi connectivity index (χ3v) is 3.48. The molecule has 0 radical (unpaired) electrons. The predicted octanol–water partition coefficient (Wildman–Crippen LogP) is 0.322. The molecule has 0 aliphatic heterocycles. The fourth-order valence-corrected chi connectivity index (χ4v) is 2.27. The molecule has 0 amide bonds. The van der Waals surface area contributed by atoms with Gasteiger partial charge in [0.2, 0.25) is 10.0 Å². The van der Waals surface area contributed by atoms with Crippen LogP contribution < -0.4 is 15.2 Å². The van der Waals surface area contributed by atoms with Gasteiger partial charge in [-0.05, 0) is 25.1 Å². The largest absolute Gasteiger partial charge is 0.497 e. The standard InChI is InChI=1S/C10H16N2O3S/c1-15-9-4-2-5-10(8-9)16(13,14)12-7-3-6-11/h2,4-5,8,12H,3,6-7,11H2,1H3. The third kappa shape index (κ3) is 3.48. The first-order valence-corrected chi connectivity index (χ1v) is 6.42. The van der Waals surface area contributed by atoms with Gasteiger partial charge in [-0.3, -0.25) is 0 Å². The Labute approximate surface area is 95.7 Å². The van der Waals surface area contributed by atoms with Gasteiger partial charge in [-0.25, -0.2) is 13.1 Å². The average molecular weight is 244 g/mol. The van der Waals surface area contributed by atoms with Gasteiger partial charge in [-0.2, -0.15) is 0 Å².